The van der Waals surface area contributed by atoms with Gasteiger partial charge in [0.05, 0.1) is 16.5 Å². The van der Waals surface area contributed by atoms with Gasteiger partial charge in [0, 0.05) is 5.02 Å². The van der Waals surface area contributed by atoms with Gasteiger partial charge in [-0.1, -0.05) is 47.0 Å². The molecule has 0 spiro atoms. The summed E-state index contributed by atoms with van der Waals surface area (Å²) >= 11 is 6.18. The number of rotatable bonds is 3. The fourth-order valence-corrected chi connectivity index (χ4v) is 3.29. The van der Waals surface area contributed by atoms with Crippen molar-refractivity contribution in [3.05, 3.63) is 70.2 Å². The topological polar surface area (TPSA) is 63.7 Å². The lowest BCUT2D eigenvalue weighted by Gasteiger charge is -2.19. The highest BCUT2D eigenvalue weighted by Gasteiger charge is 2.56. The third-order valence-electron chi connectivity index (χ3n) is 4.46. The fourth-order valence-electron chi connectivity index (χ4n) is 2.98. The van der Waals surface area contributed by atoms with Crippen molar-refractivity contribution in [2.45, 2.75) is 18.3 Å². The van der Waals surface area contributed by atoms with Gasteiger partial charge < -0.3 is 4.84 Å². The average molecular weight is 342 g/mol. The first-order valence-corrected chi connectivity index (χ1v) is 7.88. The Morgan fingerprint density at radius 1 is 0.958 bits per heavy atom. The van der Waals surface area contributed by atoms with E-state index in [1.807, 2.05) is 0 Å². The molecule has 0 atom stereocenters. The zero-order chi connectivity index (χ0) is 16.9. The molecular formula is C18H12ClNO4. The summed E-state index contributed by atoms with van der Waals surface area (Å²) in [6.07, 6.45) is 1.14. The van der Waals surface area contributed by atoms with E-state index in [4.69, 9.17) is 16.4 Å². The van der Waals surface area contributed by atoms with Crippen LogP contribution in [0.3, 0.4) is 0 Å². The highest BCUT2D eigenvalue weighted by atomic mass is 35.5. The van der Waals surface area contributed by atoms with Gasteiger partial charge in [-0.25, -0.2) is 4.79 Å². The second kappa shape index (κ2) is 5.18. The number of hydrogen-bond acceptors (Lipinski definition) is 4. The molecule has 2 aliphatic rings. The Kier molecular flexibility index (Phi) is 3.21. The molecule has 1 saturated carbocycles. The summed E-state index contributed by atoms with van der Waals surface area (Å²) in [7, 11) is 0. The van der Waals surface area contributed by atoms with Crippen LogP contribution in [0.5, 0.6) is 0 Å². The second-order valence-electron chi connectivity index (χ2n) is 5.89. The van der Waals surface area contributed by atoms with Crippen molar-refractivity contribution < 1.29 is 19.2 Å². The summed E-state index contributed by atoms with van der Waals surface area (Å²) in [4.78, 5) is 42.4. The van der Waals surface area contributed by atoms with Crippen LogP contribution in [0, 0.1) is 0 Å². The van der Waals surface area contributed by atoms with Crippen LogP contribution in [0.15, 0.2) is 48.5 Å². The average Bonchev–Trinajstić information content (AvgIpc) is 3.36. The van der Waals surface area contributed by atoms with Crippen molar-refractivity contribution in [2.24, 2.45) is 0 Å². The molecule has 120 valence electrons. The second-order valence-corrected chi connectivity index (χ2v) is 6.30. The Morgan fingerprint density at radius 2 is 1.50 bits per heavy atom. The Morgan fingerprint density at radius 3 is 2.04 bits per heavy atom. The number of halogens is 1. The number of imide groups is 1. The predicted octanol–water partition coefficient (Wildman–Crippen LogP) is 3.13. The maximum atomic E-state index is 12.7. The van der Waals surface area contributed by atoms with Crippen LogP contribution in [-0.2, 0) is 15.0 Å². The van der Waals surface area contributed by atoms with Crippen molar-refractivity contribution in [1.29, 1.82) is 0 Å². The predicted molar refractivity (Wildman–Crippen MR) is 85.4 cm³/mol. The maximum Gasteiger partial charge on any atom is 0.343 e. The van der Waals surface area contributed by atoms with Crippen LogP contribution < -0.4 is 0 Å². The normalized spacial score (nSPS) is 17.6. The van der Waals surface area contributed by atoms with E-state index in [9.17, 15) is 14.4 Å². The van der Waals surface area contributed by atoms with Gasteiger partial charge in [0.1, 0.15) is 0 Å². The number of nitrogens with zero attached hydrogens (tertiary/aromatic N) is 1. The summed E-state index contributed by atoms with van der Waals surface area (Å²) in [5, 5.41) is 1.01. The number of hydrogen-bond donors (Lipinski definition) is 0. The van der Waals surface area contributed by atoms with Gasteiger partial charge in [-0.15, -0.1) is 0 Å². The van der Waals surface area contributed by atoms with E-state index < -0.39 is 23.2 Å². The van der Waals surface area contributed by atoms with Crippen molar-refractivity contribution >= 4 is 29.4 Å². The van der Waals surface area contributed by atoms with E-state index in [0.29, 0.717) is 28.5 Å². The van der Waals surface area contributed by atoms with Gasteiger partial charge in [-0.2, -0.15) is 0 Å². The van der Waals surface area contributed by atoms with Crippen molar-refractivity contribution in [1.82, 2.24) is 5.06 Å². The van der Waals surface area contributed by atoms with Gasteiger partial charge in [-0.3, -0.25) is 9.59 Å². The van der Waals surface area contributed by atoms with Gasteiger partial charge in [0.25, 0.3) is 11.8 Å². The molecule has 0 saturated heterocycles. The molecule has 2 aromatic rings. The molecule has 0 aromatic heterocycles. The van der Waals surface area contributed by atoms with Crippen LogP contribution in [0.2, 0.25) is 5.02 Å². The SMILES string of the molecule is O=C1c2ccccc2C(=O)N1OC(=O)C1(c2ccccc2Cl)CC1. The molecule has 24 heavy (non-hydrogen) atoms. The zero-order valence-electron chi connectivity index (χ0n) is 12.5. The Hall–Kier alpha value is -2.66. The van der Waals surface area contributed by atoms with Crippen molar-refractivity contribution in [2.75, 3.05) is 0 Å². The largest absolute Gasteiger partial charge is 0.343 e. The van der Waals surface area contributed by atoms with Crippen LogP contribution >= 0.6 is 11.6 Å². The summed E-state index contributed by atoms with van der Waals surface area (Å²) in [5.74, 6) is -1.89. The van der Waals surface area contributed by atoms with E-state index in [1.165, 1.54) is 12.1 Å². The molecule has 0 unspecified atom stereocenters. The summed E-state index contributed by atoms with van der Waals surface area (Å²) < 4.78 is 0. The molecule has 5 nitrogen and oxygen atoms in total. The van der Waals surface area contributed by atoms with E-state index in [0.717, 1.165) is 0 Å². The number of hydroxylamine groups is 2. The number of amides is 2. The van der Waals surface area contributed by atoms with Crippen LogP contribution in [0.1, 0.15) is 39.1 Å². The first kappa shape index (κ1) is 14.9. The zero-order valence-corrected chi connectivity index (χ0v) is 13.2. The molecule has 1 aliphatic carbocycles. The Balaban J connectivity index is 1.61. The summed E-state index contributed by atoms with van der Waals surface area (Å²) in [6, 6.07) is 13.4. The van der Waals surface area contributed by atoms with Gasteiger partial charge >= 0.3 is 5.97 Å². The molecule has 2 aromatic carbocycles. The standard InChI is InChI=1S/C18H12ClNO4/c19-14-8-4-3-7-13(14)18(9-10-18)17(23)24-20-15(21)11-5-1-2-6-12(11)16(20)22/h1-8H,9-10H2. The molecule has 4 rings (SSSR count). The Labute approximate surface area is 142 Å². The van der Waals surface area contributed by atoms with E-state index in [1.54, 1.807) is 36.4 Å². The van der Waals surface area contributed by atoms with Crippen LogP contribution in [0.4, 0.5) is 0 Å². The molecule has 1 fully saturated rings. The van der Waals surface area contributed by atoms with Crippen molar-refractivity contribution in [3.8, 4) is 0 Å². The highest BCUT2D eigenvalue weighted by molar-refractivity contribution is 6.31. The lowest BCUT2D eigenvalue weighted by Crippen LogP contribution is -2.37. The maximum absolute atomic E-state index is 12.7. The monoisotopic (exact) mass is 341 g/mol. The van der Waals surface area contributed by atoms with Gasteiger partial charge in [0.15, 0.2) is 0 Å². The molecular weight excluding hydrogens is 330 g/mol. The van der Waals surface area contributed by atoms with Gasteiger partial charge in [-0.05, 0) is 36.6 Å². The number of carbonyl (C=O) groups excluding carboxylic acids is 3. The Bertz CT molecular complexity index is 853. The first-order chi connectivity index (χ1) is 11.5. The molecule has 2 amide bonds. The molecule has 0 radical (unpaired) electrons. The van der Waals surface area contributed by atoms with Crippen LogP contribution in [-0.4, -0.2) is 22.8 Å². The third-order valence-corrected chi connectivity index (χ3v) is 4.79. The van der Waals surface area contributed by atoms with Gasteiger partial charge in [0.2, 0.25) is 0 Å². The molecule has 1 aliphatic heterocycles. The number of benzene rings is 2. The minimum atomic E-state index is -0.881. The summed E-state index contributed by atoms with van der Waals surface area (Å²) in [6.45, 7) is 0. The smallest absolute Gasteiger partial charge is 0.329 e. The fraction of sp³-hybridized carbons (Fsp3) is 0.167. The number of carbonyl (C=O) groups is 3. The molecule has 1 heterocycles. The summed E-state index contributed by atoms with van der Waals surface area (Å²) in [5.41, 5.74) is 0.247. The minimum Gasteiger partial charge on any atom is -0.329 e. The molecule has 6 heteroatoms. The highest BCUT2D eigenvalue weighted by Crippen LogP contribution is 2.51. The van der Waals surface area contributed by atoms with Crippen LogP contribution in [0.25, 0.3) is 0 Å². The molecule has 0 bridgehead atoms. The first-order valence-electron chi connectivity index (χ1n) is 7.50. The lowest BCUT2D eigenvalue weighted by atomic mass is 9.96. The van der Waals surface area contributed by atoms with Crippen molar-refractivity contribution in [3.63, 3.8) is 0 Å². The van der Waals surface area contributed by atoms with E-state index in [2.05, 4.69) is 0 Å². The van der Waals surface area contributed by atoms with E-state index >= 15 is 0 Å². The number of fused-ring (bicyclic) bond motifs is 1. The quantitative estimate of drug-likeness (QED) is 0.805. The van der Waals surface area contributed by atoms with E-state index in [-0.39, 0.29) is 11.1 Å². The third kappa shape index (κ3) is 2.05. The minimum absolute atomic E-state index is 0.234. The lowest BCUT2D eigenvalue weighted by molar-refractivity contribution is -0.171. The molecule has 0 N–H and O–H groups in total.